The number of nitrogens with two attached hydrogens (primary N) is 1. The molecule has 1 aromatic heterocycles. The third kappa shape index (κ3) is 3.17. The first-order chi connectivity index (χ1) is 7.41. The second-order valence-electron chi connectivity index (χ2n) is 3.37. The lowest BCUT2D eigenvalue weighted by Crippen LogP contribution is -2.42. The van der Waals surface area contributed by atoms with Crippen molar-refractivity contribution in [1.82, 2.24) is 4.57 Å². The Morgan fingerprint density at radius 1 is 1.65 bits per heavy atom. The molecular weight excluding hydrogens is 254 g/mol. The van der Waals surface area contributed by atoms with Crippen LogP contribution in [0.4, 0.5) is 8.78 Å². The highest BCUT2D eigenvalue weighted by molar-refractivity contribution is 5.85. The van der Waals surface area contributed by atoms with E-state index in [2.05, 4.69) is 4.74 Å². The Balaban J connectivity index is 0.00000256. The zero-order chi connectivity index (χ0) is 12.3. The number of carbonyl (C=O) groups is 1. The van der Waals surface area contributed by atoms with Gasteiger partial charge < -0.3 is 15.0 Å². The first-order valence-corrected chi connectivity index (χ1v) is 4.83. The maximum absolute atomic E-state index is 13.5. The van der Waals surface area contributed by atoms with E-state index in [1.54, 1.807) is 19.3 Å². The monoisotopic (exact) mass is 268 g/mol. The standard InChI is InChI=1S/C10H14F2N2O2.ClH/c1-3-16-9(15)10(11,12)8(13)7-5-4-6-14(7)2;/h4-6,8H,3,13H2,1-2H3;1H/t8-;/m0./s1. The number of aryl methyl sites for hydroxylation is 1. The molecule has 98 valence electrons. The van der Waals surface area contributed by atoms with Crippen molar-refractivity contribution in [2.75, 3.05) is 6.61 Å². The number of rotatable bonds is 4. The molecule has 0 aliphatic heterocycles. The molecule has 0 saturated carbocycles. The van der Waals surface area contributed by atoms with Crippen molar-refractivity contribution in [3.8, 4) is 0 Å². The highest BCUT2D eigenvalue weighted by Crippen LogP contribution is 2.30. The largest absolute Gasteiger partial charge is 0.462 e. The molecule has 2 N–H and O–H groups in total. The molecule has 1 rings (SSSR count). The van der Waals surface area contributed by atoms with Crippen LogP contribution in [0.5, 0.6) is 0 Å². The molecule has 0 aliphatic rings. The van der Waals surface area contributed by atoms with Gasteiger partial charge in [-0.3, -0.25) is 0 Å². The lowest BCUT2D eigenvalue weighted by Gasteiger charge is -2.22. The van der Waals surface area contributed by atoms with Crippen molar-refractivity contribution in [2.24, 2.45) is 12.8 Å². The predicted molar refractivity (Wildman–Crippen MR) is 61.2 cm³/mol. The summed E-state index contributed by atoms with van der Waals surface area (Å²) in [5, 5.41) is 0. The SMILES string of the molecule is CCOC(=O)C(F)(F)[C@@H](N)c1cccn1C.Cl. The van der Waals surface area contributed by atoms with Gasteiger partial charge in [-0.1, -0.05) is 0 Å². The normalized spacial score (nSPS) is 12.8. The highest BCUT2D eigenvalue weighted by Gasteiger charge is 2.48. The van der Waals surface area contributed by atoms with Gasteiger partial charge in [0.15, 0.2) is 0 Å². The fraction of sp³-hybridized carbons (Fsp3) is 0.500. The van der Waals surface area contributed by atoms with E-state index < -0.39 is 17.9 Å². The van der Waals surface area contributed by atoms with Crippen LogP contribution >= 0.6 is 12.4 Å². The van der Waals surface area contributed by atoms with Crippen LogP contribution in [0.15, 0.2) is 18.3 Å². The van der Waals surface area contributed by atoms with Crippen LogP contribution in [0.1, 0.15) is 18.7 Å². The molecule has 1 atom stereocenters. The zero-order valence-corrected chi connectivity index (χ0v) is 10.3. The van der Waals surface area contributed by atoms with Crippen LogP contribution in [-0.4, -0.2) is 23.1 Å². The van der Waals surface area contributed by atoms with Crippen LogP contribution in [0.25, 0.3) is 0 Å². The lowest BCUT2D eigenvalue weighted by molar-refractivity contribution is -0.175. The van der Waals surface area contributed by atoms with Gasteiger partial charge in [-0.25, -0.2) is 4.79 Å². The van der Waals surface area contributed by atoms with E-state index in [-0.39, 0.29) is 24.7 Å². The molecule has 4 nitrogen and oxygen atoms in total. The number of halogens is 3. The van der Waals surface area contributed by atoms with Crippen molar-refractivity contribution < 1.29 is 18.3 Å². The molecule has 0 radical (unpaired) electrons. The van der Waals surface area contributed by atoms with Crippen molar-refractivity contribution in [1.29, 1.82) is 0 Å². The van der Waals surface area contributed by atoms with Crippen molar-refractivity contribution in [2.45, 2.75) is 18.9 Å². The third-order valence-corrected chi connectivity index (χ3v) is 2.24. The predicted octanol–water partition coefficient (Wildman–Crippen LogP) is 1.65. The molecule has 7 heteroatoms. The summed E-state index contributed by atoms with van der Waals surface area (Å²) in [6.45, 7) is 1.36. The van der Waals surface area contributed by atoms with Crippen LogP contribution in [-0.2, 0) is 16.6 Å². The van der Waals surface area contributed by atoms with Gasteiger partial charge in [-0.2, -0.15) is 8.78 Å². The molecule has 0 unspecified atom stereocenters. The Bertz CT molecular complexity index is 382. The summed E-state index contributed by atoms with van der Waals surface area (Å²) in [6, 6.07) is 1.32. The fourth-order valence-corrected chi connectivity index (χ4v) is 1.34. The molecule has 0 aliphatic carbocycles. The Kier molecular flexibility index (Phi) is 5.57. The molecule has 1 aromatic rings. The molecule has 0 bridgehead atoms. The summed E-state index contributed by atoms with van der Waals surface area (Å²) in [7, 11) is 1.58. The first kappa shape index (κ1) is 15.9. The van der Waals surface area contributed by atoms with Crippen molar-refractivity contribution in [3.63, 3.8) is 0 Å². The number of alkyl halides is 2. The second kappa shape index (κ2) is 5.97. The molecule has 0 amide bonds. The van der Waals surface area contributed by atoms with Gasteiger partial charge >= 0.3 is 11.9 Å². The quantitative estimate of drug-likeness (QED) is 0.845. The zero-order valence-electron chi connectivity index (χ0n) is 9.52. The van der Waals surface area contributed by atoms with E-state index in [4.69, 9.17) is 5.73 Å². The first-order valence-electron chi connectivity index (χ1n) is 4.83. The van der Waals surface area contributed by atoms with Gasteiger partial charge in [0.2, 0.25) is 0 Å². The van der Waals surface area contributed by atoms with Crippen LogP contribution in [0.3, 0.4) is 0 Å². The number of carbonyl (C=O) groups excluding carboxylic acids is 1. The molecular formula is C10H15ClF2N2O2. The molecule has 0 spiro atoms. The average molecular weight is 269 g/mol. The van der Waals surface area contributed by atoms with Gasteiger partial charge in [-0.05, 0) is 19.1 Å². The van der Waals surface area contributed by atoms with Crippen LogP contribution in [0, 0.1) is 0 Å². The van der Waals surface area contributed by atoms with E-state index >= 15 is 0 Å². The summed E-state index contributed by atoms with van der Waals surface area (Å²) in [6.07, 6.45) is 1.58. The van der Waals surface area contributed by atoms with Crippen LogP contribution < -0.4 is 5.73 Å². The fourth-order valence-electron chi connectivity index (χ4n) is 1.34. The van der Waals surface area contributed by atoms with E-state index in [0.717, 1.165) is 0 Å². The number of aromatic nitrogens is 1. The second-order valence-corrected chi connectivity index (χ2v) is 3.37. The minimum atomic E-state index is -3.72. The van der Waals surface area contributed by atoms with E-state index in [9.17, 15) is 13.6 Å². The van der Waals surface area contributed by atoms with Gasteiger partial charge in [0.1, 0.15) is 6.04 Å². The number of esters is 1. The van der Waals surface area contributed by atoms with Crippen LogP contribution in [0.2, 0.25) is 0 Å². The Hall–Kier alpha value is -1.14. The van der Waals surface area contributed by atoms with Gasteiger partial charge in [0.05, 0.1) is 6.61 Å². The maximum atomic E-state index is 13.5. The molecule has 0 fully saturated rings. The summed E-state index contributed by atoms with van der Waals surface area (Å²) in [4.78, 5) is 11.1. The molecule has 0 saturated heterocycles. The summed E-state index contributed by atoms with van der Waals surface area (Å²) < 4.78 is 32.8. The number of ether oxygens (including phenoxy) is 1. The van der Waals surface area contributed by atoms with E-state index in [0.29, 0.717) is 0 Å². The maximum Gasteiger partial charge on any atom is 0.379 e. The highest BCUT2D eigenvalue weighted by atomic mass is 35.5. The third-order valence-electron chi connectivity index (χ3n) is 2.24. The molecule has 0 aromatic carbocycles. The van der Waals surface area contributed by atoms with E-state index in [1.165, 1.54) is 17.6 Å². The smallest absolute Gasteiger partial charge is 0.379 e. The van der Waals surface area contributed by atoms with Crippen molar-refractivity contribution in [3.05, 3.63) is 24.0 Å². The van der Waals surface area contributed by atoms with Gasteiger partial charge in [0, 0.05) is 18.9 Å². The van der Waals surface area contributed by atoms with Crippen molar-refractivity contribution >= 4 is 18.4 Å². The van der Waals surface area contributed by atoms with E-state index in [1.807, 2.05) is 0 Å². The average Bonchev–Trinajstić information content (AvgIpc) is 2.63. The summed E-state index contributed by atoms with van der Waals surface area (Å²) in [5.74, 6) is -5.31. The summed E-state index contributed by atoms with van der Waals surface area (Å²) in [5.41, 5.74) is 5.56. The minimum Gasteiger partial charge on any atom is -0.462 e. The molecule has 17 heavy (non-hydrogen) atoms. The lowest BCUT2D eigenvalue weighted by atomic mass is 10.1. The molecule has 1 heterocycles. The Morgan fingerprint density at radius 3 is 2.65 bits per heavy atom. The van der Waals surface area contributed by atoms with Gasteiger partial charge in [0.25, 0.3) is 0 Å². The Labute approximate surface area is 104 Å². The summed E-state index contributed by atoms with van der Waals surface area (Å²) >= 11 is 0. The number of hydrogen-bond donors (Lipinski definition) is 1. The number of nitrogens with zero attached hydrogens (tertiary/aromatic N) is 1. The Morgan fingerprint density at radius 2 is 2.24 bits per heavy atom. The van der Waals surface area contributed by atoms with Gasteiger partial charge in [-0.15, -0.1) is 12.4 Å². The topological polar surface area (TPSA) is 57.2 Å². The number of hydrogen-bond acceptors (Lipinski definition) is 3. The minimum absolute atomic E-state index is 0.